The summed E-state index contributed by atoms with van der Waals surface area (Å²) in [5.41, 5.74) is 1.02. The van der Waals surface area contributed by atoms with Crippen LogP contribution in [0.15, 0.2) is 5.38 Å². The van der Waals surface area contributed by atoms with E-state index in [4.69, 9.17) is 0 Å². The van der Waals surface area contributed by atoms with Crippen molar-refractivity contribution in [3.05, 3.63) is 16.1 Å². The maximum atomic E-state index is 12.1. The number of hydrogen-bond acceptors (Lipinski definition) is 4. The number of hydrogen-bond donors (Lipinski definition) is 1. The van der Waals surface area contributed by atoms with Gasteiger partial charge < -0.3 is 10.2 Å². The van der Waals surface area contributed by atoms with E-state index in [-0.39, 0.29) is 17.7 Å². The zero-order valence-electron chi connectivity index (χ0n) is 11.6. The molecule has 0 spiro atoms. The van der Waals surface area contributed by atoms with Crippen molar-refractivity contribution in [1.29, 1.82) is 0 Å². The van der Waals surface area contributed by atoms with Crippen LogP contribution in [0.2, 0.25) is 0 Å². The molecule has 1 N–H and O–H groups in total. The molecule has 1 saturated heterocycles. The molecule has 1 aromatic rings. The molecule has 1 unspecified atom stereocenters. The third kappa shape index (κ3) is 3.00. The molecule has 6 heteroatoms. The van der Waals surface area contributed by atoms with E-state index in [1.54, 1.807) is 11.3 Å². The lowest BCUT2D eigenvalue weighted by Crippen LogP contribution is -2.34. The minimum absolute atomic E-state index is 0.00783. The van der Waals surface area contributed by atoms with Crippen LogP contribution < -0.4 is 5.32 Å². The number of thiazole rings is 1. The molecule has 1 atom stereocenters. The second-order valence-electron chi connectivity index (χ2n) is 5.58. The highest BCUT2D eigenvalue weighted by Crippen LogP contribution is 2.32. The number of nitrogens with one attached hydrogen (secondary N) is 1. The second kappa shape index (κ2) is 5.52. The van der Waals surface area contributed by atoms with E-state index in [0.29, 0.717) is 25.6 Å². The lowest BCUT2D eigenvalue weighted by molar-refractivity contribution is -0.129. The molecule has 0 radical (unpaired) electrons. The van der Waals surface area contributed by atoms with Gasteiger partial charge in [-0.15, -0.1) is 11.3 Å². The van der Waals surface area contributed by atoms with Gasteiger partial charge in [-0.2, -0.15) is 0 Å². The topological polar surface area (TPSA) is 62.3 Å². The van der Waals surface area contributed by atoms with Gasteiger partial charge in [0.15, 0.2) is 0 Å². The lowest BCUT2D eigenvalue weighted by Gasteiger charge is -2.15. The average molecular weight is 293 g/mol. The number of carbonyl (C=O) groups is 2. The van der Waals surface area contributed by atoms with Crippen LogP contribution in [0.25, 0.3) is 0 Å². The van der Waals surface area contributed by atoms with Crippen molar-refractivity contribution in [3.8, 4) is 0 Å². The summed E-state index contributed by atoms with van der Waals surface area (Å²) in [5, 5.41) is 6.00. The van der Waals surface area contributed by atoms with Gasteiger partial charge >= 0.3 is 0 Å². The molecule has 2 heterocycles. The fourth-order valence-corrected chi connectivity index (χ4v) is 3.27. The van der Waals surface area contributed by atoms with Gasteiger partial charge in [0.25, 0.3) is 0 Å². The number of rotatable bonds is 5. The molecule has 5 nitrogen and oxygen atoms in total. The van der Waals surface area contributed by atoms with E-state index in [1.807, 2.05) is 17.2 Å². The lowest BCUT2D eigenvalue weighted by atomic mass is 10.1. The van der Waals surface area contributed by atoms with E-state index in [9.17, 15) is 9.59 Å². The second-order valence-corrected chi connectivity index (χ2v) is 6.64. The fourth-order valence-electron chi connectivity index (χ4n) is 2.63. The Morgan fingerprint density at radius 2 is 2.35 bits per heavy atom. The van der Waals surface area contributed by atoms with Crippen molar-refractivity contribution in [3.63, 3.8) is 0 Å². The minimum Gasteiger partial charge on any atom is -0.355 e. The molecular formula is C14H19N3O2S. The summed E-state index contributed by atoms with van der Waals surface area (Å²) in [6.45, 7) is 3.17. The molecule has 20 heavy (non-hydrogen) atoms. The number of amides is 2. The van der Waals surface area contributed by atoms with Crippen LogP contribution in [0, 0.1) is 12.8 Å². The normalized spacial score (nSPS) is 22.4. The summed E-state index contributed by atoms with van der Waals surface area (Å²) in [6.07, 6.45) is 3.33. The molecule has 0 aromatic carbocycles. The first-order valence-corrected chi connectivity index (χ1v) is 7.99. The molecule has 0 bridgehead atoms. The molecule has 108 valence electrons. The standard InChI is InChI=1S/C14H19N3O2S/c1-9-16-11(8-20-9)4-5-15-14(19)10-6-13(18)17(7-10)12-2-3-12/h8,10,12H,2-7H2,1H3,(H,15,19). The van der Waals surface area contributed by atoms with Crippen LogP contribution in [0.5, 0.6) is 0 Å². The third-order valence-electron chi connectivity index (χ3n) is 3.86. The minimum atomic E-state index is -0.166. The van der Waals surface area contributed by atoms with Crippen LogP contribution >= 0.6 is 11.3 Å². The first-order chi connectivity index (χ1) is 9.63. The number of carbonyl (C=O) groups excluding carboxylic acids is 2. The highest BCUT2D eigenvalue weighted by molar-refractivity contribution is 7.09. The van der Waals surface area contributed by atoms with E-state index >= 15 is 0 Å². The molecule has 3 rings (SSSR count). The number of aromatic nitrogens is 1. The van der Waals surface area contributed by atoms with Gasteiger partial charge in [-0.3, -0.25) is 9.59 Å². The predicted molar refractivity (Wildman–Crippen MR) is 76.4 cm³/mol. The number of likely N-dealkylation sites (tertiary alicyclic amines) is 1. The largest absolute Gasteiger partial charge is 0.355 e. The Hall–Kier alpha value is -1.43. The SMILES string of the molecule is Cc1nc(CCNC(=O)C2CC(=O)N(C3CC3)C2)cs1. The Balaban J connectivity index is 1.44. The maximum Gasteiger partial charge on any atom is 0.225 e. The van der Waals surface area contributed by atoms with E-state index in [1.165, 1.54) is 0 Å². The Morgan fingerprint density at radius 1 is 1.55 bits per heavy atom. The Labute approximate surface area is 122 Å². The zero-order chi connectivity index (χ0) is 14.1. The number of nitrogens with zero attached hydrogens (tertiary/aromatic N) is 2. The molecule has 1 aliphatic carbocycles. The third-order valence-corrected chi connectivity index (χ3v) is 4.69. The Kier molecular flexibility index (Phi) is 3.74. The van der Waals surface area contributed by atoms with Gasteiger partial charge in [-0.05, 0) is 19.8 Å². The van der Waals surface area contributed by atoms with Crippen molar-refractivity contribution in [1.82, 2.24) is 15.2 Å². The summed E-state index contributed by atoms with van der Waals surface area (Å²) in [7, 11) is 0. The van der Waals surface area contributed by atoms with E-state index in [2.05, 4.69) is 10.3 Å². The van der Waals surface area contributed by atoms with Crippen molar-refractivity contribution in [2.24, 2.45) is 5.92 Å². The molecule has 2 aliphatic rings. The predicted octanol–water partition coefficient (Wildman–Crippen LogP) is 1.12. The van der Waals surface area contributed by atoms with Gasteiger partial charge in [-0.1, -0.05) is 0 Å². The summed E-state index contributed by atoms with van der Waals surface area (Å²) in [4.78, 5) is 30.1. The number of aryl methyl sites for hydroxylation is 1. The van der Waals surface area contributed by atoms with Gasteiger partial charge in [-0.25, -0.2) is 4.98 Å². The van der Waals surface area contributed by atoms with Gasteiger partial charge in [0.1, 0.15) is 0 Å². The van der Waals surface area contributed by atoms with Gasteiger partial charge in [0.2, 0.25) is 11.8 Å². The van der Waals surface area contributed by atoms with Gasteiger partial charge in [0, 0.05) is 37.4 Å². The first kappa shape index (κ1) is 13.5. The molecule has 1 saturated carbocycles. The van der Waals surface area contributed by atoms with E-state index < -0.39 is 0 Å². The van der Waals surface area contributed by atoms with Crippen LogP contribution in [0.1, 0.15) is 30.0 Å². The molecule has 1 aromatic heterocycles. The first-order valence-electron chi connectivity index (χ1n) is 7.11. The Morgan fingerprint density at radius 3 is 3.00 bits per heavy atom. The molecular weight excluding hydrogens is 274 g/mol. The van der Waals surface area contributed by atoms with Crippen LogP contribution in [-0.2, 0) is 16.0 Å². The van der Waals surface area contributed by atoms with Crippen LogP contribution in [-0.4, -0.2) is 40.8 Å². The van der Waals surface area contributed by atoms with Crippen molar-refractivity contribution in [2.75, 3.05) is 13.1 Å². The molecule has 2 amide bonds. The van der Waals surface area contributed by atoms with Crippen molar-refractivity contribution in [2.45, 2.75) is 38.6 Å². The van der Waals surface area contributed by atoms with Gasteiger partial charge in [0.05, 0.1) is 16.6 Å². The Bertz CT molecular complexity index is 524. The summed E-state index contributed by atoms with van der Waals surface area (Å²) in [5.74, 6) is -0.0171. The van der Waals surface area contributed by atoms with Crippen LogP contribution in [0.3, 0.4) is 0 Å². The molecule has 2 fully saturated rings. The van der Waals surface area contributed by atoms with Crippen molar-refractivity contribution >= 4 is 23.2 Å². The molecule has 1 aliphatic heterocycles. The quantitative estimate of drug-likeness (QED) is 0.885. The smallest absolute Gasteiger partial charge is 0.225 e. The van der Waals surface area contributed by atoms with Crippen molar-refractivity contribution < 1.29 is 9.59 Å². The monoisotopic (exact) mass is 293 g/mol. The van der Waals surface area contributed by atoms with E-state index in [0.717, 1.165) is 30.0 Å². The summed E-state index contributed by atoms with van der Waals surface area (Å²) in [6, 6.07) is 0.415. The fraction of sp³-hybridized carbons (Fsp3) is 0.643. The zero-order valence-corrected chi connectivity index (χ0v) is 12.4. The highest BCUT2D eigenvalue weighted by Gasteiger charge is 2.41. The highest BCUT2D eigenvalue weighted by atomic mass is 32.1. The van der Waals surface area contributed by atoms with Crippen LogP contribution in [0.4, 0.5) is 0 Å². The average Bonchev–Trinajstić information content (AvgIpc) is 3.06. The maximum absolute atomic E-state index is 12.1. The summed E-state index contributed by atoms with van der Waals surface area (Å²) < 4.78 is 0. The summed E-state index contributed by atoms with van der Waals surface area (Å²) >= 11 is 1.62.